The second kappa shape index (κ2) is 2.89. The number of nitrogens with zero attached hydrogens (tertiary/aromatic N) is 1. The number of nitrogens with two attached hydrogens (primary N) is 1. The van der Waals surface area contributed by atoms with Crippen molar-refractivity contribution in [2.45, 2.75) is 6.92 Å². The first-order chi connectivity index (χ1) is 6.16. The van der Waals surface area contributed by atoms with Gasteiger partial charge in [0.25, 0.3) is 0 Å². The van der Waals surface area contributed by atoms with Crippen LogP contribution in [-0.2, 0) is 0 Å². The number of fused-ring (bicyclic) bond motifs is 1. The number of hydrogen-bond donors (Lipinski definition) is 1. The normalized spacial score (nSPS) is 10.6. The van der Waals surface area contributed by atoms with Crippen molar-refractivity contribution in [3.8, 4) is 0 Å². The SMILES string of the molecule is Cc1cnc2c(N)cc(Cl)cc2c1. The zero-order valence-electron chi connectivity index (χ0n) is 7.21. The predicted octanol–water partition coefficient (Wildman–Crippen LogP) is 2.78. The molecule has 0 aliphatic carbocycles. The van der Waals surface area contributed by atoms with Gasteiger partial charge >= 0.3 is 0 Å². The lowest BCUT2D eigenvalue weighted by Gasteiger charge is -2.02. The molecule has 3 heteroatoms. The Labute approximate surface area is 81.3 Å². The van der Waals surface area contributed by atoms with E-state index in [0.717, 1.165) is 16.5 Å². The number of pyridine rings is 1. The van der Waals surface area contributed by atoms with Crippen molar-refractivity contribution in [1.29, 1.82) is 0 Å². The van der Waals surface area contributed by atoms with E-state index in [-0.39, 0.29) is 0 Å². The summed E-state index contributed by atoms with van der Waals surface area (Å²) < 4.78 is 0. The first-order valence-corrected chi connectivity index (χ1v) is 4.36. The van der Waals surface area contributed by atoms with Gasteiger partial charge in [0.2, 0.25) is 0 Å². The monoisotopic (exact) mass is 192 g/mol. The Bertz CT molecular complexity index is 460. The van der Waals surface area contributed by atoms with Gasteiger partial charge in [0.1, 0.15) is 0 Å². The maximum atomic E-state index is 5.87. The van der Waals surface area contributed by atoms with E-state index in [1.165, 1.54) is 0 Å². The van der Waals surface area contributed by atoms with Gasteiger partial charge < -0.3 is 5.73 Å². The Morgan fingerprint density at radius 1 is 1.31 bits per heavy atom. The fraction of sp³-hybridized carbons (Fsp3) is 0.100. The fourth-order valence-corrected chi connectivity index (χ4v) is 1.59. The lowest BCUT2D eigenvalue weighted by atomic mass is 10.1. The highest BCUT2D eigenvalue weighted by atomic mass is 35.5. The second-order valence-corrected chi connectivity index (χ2v) is 3.52. The van der Waals surface area contributed by atoms with Crippen molar-refractivity contribution in [1.82, 2.24) is 4.98 Å². The Morgan fingerprint density at radius 3 is 2.85 bits per heavy atom. The molecule has 2 nitrogen and oxygen atoms in total. The fourth-order valence-electron chi connectivity index (χ4n) is 1.35. The number of aryl methyl sites for hydroxylation is 1. The van der Waals surface area contributed by atoms with Gasteiger partial charge in [-0.3, -0.25) is 4.98 Å². The number of anilines is 1. The molecule has 0 aliphatic rings. The molecule has 0 radical (unpaired) electrons. The Balaban J connectivity index is 2.86. The highest BCUT2D eigenvalue weighted by Crippen LogP contribution is 2.24. The molecule has 1 aromatic carbocycles. The lowest BCUT2D eigenvalue weighted by molar-refractivity contribution is 1.33. The minimum Gasteiger partial charge on any atom is -0.397 e. The van der Waals surface area contributed by atoms with Gasteiger partial charge in [-0.1, -0.05) is 11.6 Å². The molecule has 0 bridgehead atoms. The van der Waals surface area contributed by atoms with Crippen LogP contribution in [0.2, 0.25) is 5.02 Å². The summed E-state index contributed by atoms with van der Waals surface area (Å²) in [5.74, 6) is 0. The first-order valence-electron chi connectivity index (χ1n) is 3.98. The molecule has 2 rings (SSSR count). The lowest BCUT2D eigenvalue weighted by Crippen LogP contribution is -1.90. The van der Waals surface area contributed by atoms with E-state index in [1.54, 1.807) is 12.3 Å². The number of nitrogen functional groups attached to an aromatic ring is 1. The first kappa shape index (κ1) is 8.32. The number of rotatable bonds is 0. The molecule has 2 N–H and O–H groups in total. The van der Waals surface area contributed by atoms with E-state index in [4.69, 9.17) is 17.3 Å². The predicted molar refractivity (Wildman–Crippen MR) is 55.9 cm³/mol. The molecule has 66 valence electrons. The second-order valence-electron chi connectivity index (χ2n) is 3.08. The van der Waals surface area contributed by atoms with Gasteiger partial charge in [-0.15, -0.1) is 0 Å². The van der Waals surface area contributed by atoms with E-state index >= 15 is 0 Å². The smallest absolute Gasteiger partial charge is 0.0932 e. The summed E-state index contributed by atoms with van der Waals surface area (Å²) in [6, 6.07) is 5.60. The van der Waals surface area contributed by atoms with E-state index in [1.807, 2.05) is 19.1 Å². The van der Waals surface area contributed by atoms with Crippen LogP contribution in [0.3, 0.4) is 0 Å². The third-order valence-corrected chi connectivity index (χ3v) is 2.13. The van der Waals surface area contributed by atoms with Crippen LogP contribution < -0.4 is 5.73 Å². The van der Waals surface area contributed by atoms with Crippen molar-refractivity contribution >= 4 is 28.2 Å². The van der Waals surface area contributed by atoms with Crippen LogP contribution in [0.4, 0.5) is 5.69 Å². The molecule has 13 heavy (non-hydrogen) atoms. The third kappa shape index (κ3) is 1.45. The highest BCUT2D eigenvalue weighted by Gasteiger charge is 2.01. The van der Waals surface area contributed by atoms with Crippen molar-refractivity contribution in [3.63, 3.8) is 0 Å². The summed E-state index contributed by atoms with van der Waals surface area (Å²) >= 11 is 5.87. The molecule has 2 aromatic rings. The summed E-state index contributed by atoms with van der Waals surface area (Å²) in [7, 11) is 0. The van der Waals surface area contributed by atoms with Crippen LogP contribution in [0.5, 0.6) is 0 Å². The molecule has 0 aliphatic heterocycles. The summed E-state index contributed by atoms with van der Waals surface area (Å²) in [6.07, 6.45) is 1.80. The molecule has 0 amide bonds. The number of aromatic nitrogens is 1. The van der Waals surface area contributed by atoms with E-state index in [9.17, 15) is 0 Å². The number of benzene rings is 1. The van der Waals surface area contributed by atoms with Crippen molar-refractivity contribution in [2.75, 3.05) is 5.73 Å². The van der Waals surface area contributed by atoms with Crippen LogP contribution in [0.1, 0.15) is 5.56 Å². The topological polar surface area (TPSA) is 38.9 Å². The van der Waals surface area contributed by atoms with Crippen LogP contribution in [-0.4, -0.2) is 4.98 Å². The molecule has 0 atom stereocenters. The largest absolute Gasteiger partial charge is 0.397 e. The van der Waals surface area contributed by atoms with E-state index in [2.05, 4.69) is 4.98 Å². The van der Waals surface area contributed by atoms with Crippen LogP contribution >= 0.6 is 11.6 Å². The molecular weight excluding hydrogens is 184 g/mol. The van der Waals surface area contributed by atoms with Crippen LogP contribution in [0.15, 0.2) is 24.4 Å². The van der Waals surface area contributed by atoms with Gasteiger partial charge in [-0.25, -0.2) is 0 Å². The third-order valence-electron chi connectivity index (χ3n) is 1.91. The molecule has 1 heterocycles. The maximum absolute atomic E-state index is 5.87. The summed E-state index contributed by atoms with van der Waals surface area (Å²) in [5.41, 5.74) is 8.31. The van der Waals surface area contributed by atoms with Gasteiger partial charge in [0.15, 0.2) is 0 Å². The van der Waals surface area contributed by atoms with Gasteiger partial charge in [0, 0.05) is 16.6 Å². The quantitative estimate of drug-likeness (QED) is 0.652. The van der Waals surface area contributed by atoms with Crippen molar-refractivity contribution in [3.05, 3.63) is 35.0 Å². The molecule has 1 aromatic heterocycles. The molecule has 0 saturated carbocycles. The Kier molecular flexibility index (Phi) is 1.85. The minimum absolute atomic E-state index is 0.627. The molecule has 0 spiro atoms. The number of hydrogen-bond acceptors (Lipinski definition) is 2. The van der Waals surface area contributed by atoms with E-state index in [0.29, 0.717) is 10.7 Å². The van der Waals surface area contributed by atoms with Gasteiger partial charge in [-0.2, -0.15) is 0 Å². The Hall–Kier alpha value is -1.28. The molecule has 0 saturated heterocycles. The summed E-state index contributed by atoms with van der Waals surface area (Å²) in [4.78, 5) is 4.24. The zero-order chi connectivity index (χ0) is 9.42. The zero-order valence-corrected chi connectivity index (χ0v) is 7.97. The van der Waals surface area contributed by atoms with Gasteiger partial charge in [0.05, 0.1) is 11.2 Å². The molecule has 0 fully saturated rings. The average Bonchev–Trinajstić information content (AvgIpc) is 2.02. The Morgan fingerprint density at radius 2 is 2.08 bits per heavy atom. The van der Waals surface area contributed by atoms with Crippen LogP contribution in [0, 0.1) is 6.92 Å². The maximum Gasteiger partial charge on any atom is 0.0932 e. The standard InChI is InChI=1S/C10H9ClN2/c1-6-2-7-3-8(11)4-9(12)10(7)13-5-6/h2-5H,12H2,1H3. The average molecular weight is 193 g/mol. The molecule has 0 unspecified atom stereocenters. The van der Waals surface area contributed by atoms with Crippen LogP contribution in [0.25, 0.3) is 10.9 Å². The van der Waals surface area contributed by atoms with E-state index < -0.39 is 0 Å². The highest BCUT2D eigenvalue weighted by molar-refractivity contribution is 6.31. The minimum atomic E-state index is 0.627. The summed E-state index contributed by atoms with van der Waals surface area (Å²) in [6.45, 7) is 1.99. The summed E-state index contributed by atoms with van der Waals surface area (Å²) in [5, 5.41) is 1.64. The van der Waals surface area contributed by atoms with Crippen molar-refractivity contribution in [2.24, 2.45) is 0 Å². The van der Waals surface area contributed by atoms with Crippen molar-refractivity contribution < 1.29 is 0 Å². The molecular formula is C10H9ClN2. The number of halogens is 1. The van der Waals surface area contributed by atoms with Gasteiger partial charge in [-0.05, 0) is 30.7 Å².